The number of sulfonamides is 1. The van der Waals surface area contributed by atoms with Crippen LogP contribution in [0.25, 0.3) is 0 Å². The summed E-state index contributed by atoms with van der Waals surface area (Å²) in [4.78, 5) is 17.4. The topological polar surface area (TPSA) is 73.0 Å². The van der Waals surface area contributed by atoms with Gasteiger partial charge in [0, 0.05) is 56.4 Å². The van der Waals surface area contributed by atoms with Crippen LogP contribution >= 0.6 is 0 Å². The van der Waals surface area contributed by atoms with Gasteiger partial charge in [-0.1, -0.05) is 13.3 Å². The Morgan fingerprint density at radius 1 is 1.16 bits per heavy atom. The summed E-state index contributed by atoms with van der Waals surface area (Å²) in [6, 6.07) is 4.46. The number of amides is 1. The van der Waals surface area contributed by atoms with Gasteiger partial charge in [-0.3, -0.25) is 4.79 Å². The predicted octanol–water partition coefficient (Wildman–Crippen LogP) is 2.60. The minimum atomic E-state index is -3.24. The molecule has 2 fully saturated rings. The van der Waals surface area contributed by atoms with E-state index in [1.807, 2.05) is 13.8 Å². The normalized spacial score (nSPS) is 20.3. The Bertz CT molecular complexity index is 879. The average Bonchev–Trinajstić information content (AvgIpc) is 2.78. The Hall–Kier alpha value is -1.71. The van der Waals surface area contributed by atoms with Crippen molar-refractivity contribution in [2.45, 2.75) is 45.6 Å². The summed E-state index contributed by atoms with van der Waals surface area (Å²) in [5.74, 6) is -0.455. The second-order valence-electron chi connectivity index (χ2n) is 9.07. The molecule has 0 radical (unpaired) electrons. The Morgan fingerprint density at radius 2 is 1.81 bits per heavy atom. The Kier molecular flexibility index (Phi) is 8.52. The lowest BCUT2D eigenvalue weighted by Crippen LogP contribution is -2.45. The largest absolute Gasteiger partial charge is 0.369 e. The van der Waals surface area contributed by atoms with E-state index in [0.29, 0.717) is 32.4 Å². The van der Waals surface area contributed by atoms with Gasteiger partial charge in [0.15, 0.2) is 0 Å². The minimum Gasteiger partial charge on any atom is -0.369 e. The summed E-state index contributed by atoms with van der Waals surface area (Å²) in [7, 11) is -1.15. The zero-order valence-corrected chi connectivity index (χ0v) is 20.3. The van der Waals surface area contributed by atoms with Crippen molar-refractivity contribution in [2.24, 2.45) is 5.92 Å². The first kappa shape index (κ1) is 24.9. The van der Waals surface area contributed by atoms with Crippen molar-refractivity contribution in [1.82, 2.24) is 14.5 Å². The SMILES string of the molecule is CCCCS(=O)(=O)N1CCC(C(=O)NC(C)c2cc(F)ccc2N2CCN(C)CC2)CC1. The maximum atomic E-state index is 14.1. The number of carbonyl (C=O) groups is 1. The van der Waals surface area contributed by atoms with Crippen LogP contribution in [-0.2, 0) is 14.8 Å². The van der Waals surface area contributed by atoms with Crippen LogP contribution in [0.1, 0.15) is 51.1 Å². The number of piperidine rings is 1. The third-order valence-corrected chi connectivity index (χ3v) is 8.59. The molecule has 2 aliphatic heterocycles. The average molecular weight is 469 g/mol. The Labute approximate surface area is 192 Å². The van der Waals surface area contributed by atoms with Crippen LogP contribution in [0.3, 0.4) is 0 Å². The molecule has 2 saturated heterocycles. The van der Waals surface area contributed by atoms with E-state index in [-0.39, 0.29) is 29.4 Å². The molecule has 32 heavy (non-hydrogen) atoms. The molecule has 1 aromatic carbocycles. The number of anilines is 1. The molecule has 180 valence electrons. The van der Waals surface area contributed by atoms with Gasteiger partial charge >= 0.3 is 0 Å². The van der Waals surface area contributed by atoms with Crippen molar-refractivity contribution in [3.63, 3.8) is 0 Å². The van der Waals surface area contributed by atoms with Crippen LogP contribution in [0.5, 0.6) is 0 Å². The molecule has 0 aliphatic carbocycles. The van der Waals surface area contributed by atoms with E-state index in [1.165, 1.54) is 16.4 Å². The van der Waals surface area contributed by atoms with Crippen LogP contribution in [-0.4, -0.2) is 75.6 Å². The van der Waals surface area contributed by atoms with Crippen molar-refractivity contribution in [1.29, 1.82) is 0 Å². The van der Waals surface area contributed by atoms with Crippen molar-refractivity contribution in [3.05, 3.63) is 29.6 Å². The fourth-order valence-electron chi connectivity index (χ4n) is 4.47. The molecule has 0 aromatic heterocycles. The molecule has 1 amide bonds. The van der Waals surface area contributed by atoms with E-state index < -0.39 is 10.0 Å². The molecule has 1 N–H and O–H groups in total. The fraction of sp³-hybridized carbons (Fsp3) is 0.696. The van der Waals surface area contributed by atoms with E-state index >= 15 is 0 Å². The number of benzene rings is 1. The Balaban J connectivity index is 1.61. The quantitative estimate of drug-likeness (QED) is 0.635. The first-order valence-corrected chi connectivity index (χ1v) is 13.3. The lowest BCUT2D eigenvalue weighted by Gasteiger charge is -2.36. The van der Waals surface area contributed by atoms with Crippen LogP contribution in [0, 0.1) is 11.7 Å². The minimum absolute atomic E-state index is 0.0864. The summed E-state index contributed by atoms with van der Waals surface area (Å²) in [5, 5.41) is 3.06. The maximum Gasteiger partial charge on any atom is 0.223 e. The first-order chi connectivity index (χ1) is 15.2. The predicted molar refractivity (Wildman–Crippen MR) is 126 cm³/mol. The van der Waals surface area contributed by atoms with Gasteiger partial charge in [-0.25, -0.2) is 17.1 Å². The summed E-state index contributed by atoms with van der Waals surface area (Å²) in [5.41, 5.74) is 1.74. The zero-order valence-electron chi connectivity index (χ0n) is 19.5. The number of piperazine rings is 1. The first-order valence-electron chi connectivity index (χ1n) is 11.7. The van der Waals surface area contributed by atoms with E-state index in [0.717, 1.165) is 43.9 Å². The molecule has 3 rings (SSSR count). The second kappa shape index (κ2) is 10.9. The van der Waals surface area contributed by atoms with Gasteiger partial charge in [0.1, 0.15) is 5.82 Å². The monoisotopic (exact) mass is 468 g/mol. The van der Waals surface area contributed by atoms with Gasteiger partial charge in [-0.05, 0) is 51.4 Å². The van der Waals surface area contributed by atoms with E-state index in [1.54, 1.807) is 6.07 Å². The highest BCUT2D eigenvalue weighted by Gasteiger charge is 2.31. The highest BCUT2D eigenvalue weighted by molar-refractivity contribution is 7.89. The van der Waals surface area contributed by atoms with Crippen molar-refractivity contribution in [2.75, 3.05) is 57.0 Å². The number of nitrogens with one attached hydrogen (secondary N) is 1. The molecule has 1 atom stereocenters. The number of unbranched alkanes of at least 4 members (excludes halogenated alkanes) is 1. The van der Waals surface area contributed by atoms with Gasteiger partial charge in [-0.15, -0.1) is 0 Å². The Morgan fingerprint density at radius 3 is 2.44 bits per heavy atom. The fourth-order valence-corrected chi connectivity index (χ4v) is 6.15. The molecule has 1 unspecified atom stereocenters. The summed E-state index contributed by atoms with van der Waals surface area (Å²) < 4.78 is 40.4. The molecule has 0 spiro atoms. The number of carbonyl (C=O) groups excluding carboxylic acids is 1. The van der Waals surface area contributed by atoms with Crippen molar-refractivity contribution < 1.29 is 17.6 Å². The molecule has 9 heteroatoms. The van der Waals surface area contributed by atoms with Gasteiger partial charge in [0.25, 0.3) is 0 Å². The highest BCUT2D eigenvalue weighted by Crippen LogP contribution is 2.29. The maximum absolute atomic E-state index is 14.1. The van der Waals surface area contributed by atoms with Gasteiger partial charge in [0.2, 0.25) is 15.9 Å². The van der Waals surface area contributed by atoms with E-state index in [2.05, 4.69) is 22.2 Å². The lowest BCUT2D eigenvalue weighted by molar-refractivity contribution is -0.126. The van der Waals surface area contributed by atoms with Crippen LogP contribution in [0.2, 0.25) is 0 Å². The van der Waals surface area contributed by atoms with Crippen molar-refractivity contribution >= 4 is 21.6 Å². The third-order valence-electron chi connectivity index (χ3n) is 6.63. The van der Waals surface area contributed by atoms with Crippen LogP contribution in [0.15, 0.2) is 18.2 Å². The molecule has 7 nitrogen and oxygen atoms in total. The molecule has 0 bridgehead atoms. The van der Waals surface area contributed by atoms with Crippen molar-refractivity contribution in [3.8, 4) is 0 Å². The molecule has 0 saturated carbocycles. The van der Waals surface area contributed by atoms with E-state index in [4.69, 9.17) is 0 Å². The summed E-state index contributed by atoms with van der Waals surface area (Å²) >= 11 is 0. The third kappa shape index (κ3) is 6.20. The molecule has 1 aromatic rings. The number of rotatable bonds is 8. The standard InChI is InChI=1S/C23H37FN4O3S/c1-4-5-16-32(30,31)28-10-8-19(9-11-28)23(29)25-18(2)21-17-20(24)6-7-22(21)27-14-12-26(3)13-15-27/h6-7,17-19H,4-5,8-16H2,1-3H3,(H,25,29). The molecular formula is C23H37FN4O3S. The number of nitrogens with zero attached hydrogens (tertiary/aromatic N) is 3. The lowest BCUT2D eigenvalue weighted by atomic mass is 9.96. The number of likely N-dealkylation sites (N-methyl/N-ethyl adjacent to an activating group) is 1. The number of hydrogen-bond donors (Lipinski definition) is 1. The van der Waals surface area contributed by atoms with Crippen LogP contribution in [0.4, 0.5) is 10.1 Å². The van der Waals surface area contributed by atoms with E-state index in [9.17, 15) is 17.6 Å². The second-order valence-corrected chi connectivity index (χ2v) is 11.2. The zero-order chi connectivity index (χ0) is 23.3. The molecule has 2 heterocycles. The summed E-state index contributed by atoms with van der Waals surface area (Å²) in [6.07, 6.45) is 2.52. The molecular weight excluding hydrogens is 431 g/mol. The number of hydrogen-bond acceptors (Lipinski definition) is 5. The summed E-state index contributed by atoms with van der Waals surface area (Å²) in [6.45, 7) is 8.23. The van der Waals surface area contributed by atoms with Crippen LogP contribution < -0.4 is 10.2 Å². The number of halogens is 1. The van der Waals surface area contributed by atoms with Gasteiger partial charge in [-0.2, -0.15) is 0 Å². The smallest absolute Gasteiger partial charge is 0.223 e. The van der Waals surface area contributed by atoms with Gasteiger partial charge in [0.05, 0.1) is 11.8 Å². The van der Waals surface area contributed by atoms with Gasteiger partial charge < -0.3 is 15.1 Å². The molecule has 2 aliphatic rings. The highest BCUT2D eigenvalue weighted by atomic mass is 32.2.